The molecule has 4 rings (SSSR count). The lowest BCUT2D eigenvalue weighted by molar-refractivity contribution is -0.110. The summed E-state index contributed by atoms with van der Waals surface area (Å²) in [5.41, 5.74) is 4.12. The van der Waals surface area contributed by atoms with Crippen LogP contribution in [0.4, 0.5) is 0 Å². The van der Waals surface area contributed by atoms with Gasteiger partial charge in [-0.25, -0.2) is 0 Å². The molecule has 2 heterocycles. The first-order chi connectivity index (χ1) is 9.78. The number of H-pyrrole nitrogens is 1. The third-order valence-electron chi connectivity index (χ3n) is 5.03. The van der Waals surface area contributed by atoms with Crippen LogP contribution in [0, 0.1) is 0 Å². The van der Waals surface area contributed by atoms with Gasteiger partial charge in [-0.3, -0.25) is 4.79 Å². The molecule has 1 aromatic carbocycles. The quantitative estimate of drug-likeness (QED) is 0.814. The van der Waals surface area contributed by atoms with Crippen molar-refractivity contribution in [3.8, 4) is 0 Å². The second kappa shape index (κ2) is 4.35. The van der Waals surface area contributed by atoms with E-state index in [1.807, 2.05) is 0 Å². The highest BCUT2D eigenvalue weighted by Gasteiger charge is 2.39. The van der Waals surface area contributed by atoms with Gasteiger partial charge in [0.1, 0.15) is 0 Å². The van der Waals surface area contributed by atoms with Crippen LogP contribution >= 0.6 is 0 Å². The number of likely N-dealkylation sites (tertiary alicyclic amines) is 1. The highest BCUT2D eigenvalue weighted by atomic mass is 16.1. The van der Waals surface area contributed by atoms with Gasteiger partial charge in [-0.1, -0.05) is 12.1 Å². The number of rotatable bonds is 2. The van der Waals surface area contributed by atoms with Gasteiger partial charge in [0.25, 0.3) is 0 Å². The predicted octanol–water partition coefficient (Wildman–Crippen LogP) is 1.63. The van der Waals surface area contributed by atoms with Crippen LogP contribution in [0.2, 0.25) is 0 Å². The molecule has 3 atom stereocenters. The number of carbonyl (C=O) groups is 1. The normalized spacial score (nSPS) is 29.1. The SMILES string of the molecule is CN1CC(NC=O)CC2c3cccc4[nH]cc(c34)C[C@H]21. The Bertz CT molecular complexity index is 663. The van der Waals surface area contributed by atoms with Crippen LogP contribution in [0.25, 0.3) is 10.9 Å². The number of piperidine rings is 1. The molecule has 2 aromatic rings. The summed E-state index contributed by atoms with van der Waals surface area (Å²) >= 11 is 0. The second-order valence-electron chi connectivity index (χ2n) is 6.12. The van der Waals surface area contributed by atoms with E-state index in [-0.39, 0.29) is 6.04 Å². The van der Waals surface area contributed by atoms with E-state index in [2.05, 4.69) is 46.6 Å². The van der Waals surface area contributed by atoms with Gasteiger partial charge in [0.15, 0.2) is 0 Å². The fraction of sp³-hybridized carbons (Fsp3) is 0.438. The number of fused-ring (bicyclic) bond motifs is 2. The van der Waals surface area contributed by atoms with E-state index >= 15 is 0 Å². The fourth-order valence-corrected chi connectivity index (χ4v) is 4.16. The first-order valence-corrected chi connectivity index (χ1v) is 7.26. The Morgan fingerprint density at radius 3 is 3.20 bits per heavy atom. The Hall–Kier alpha value is -1.81. The lowest BCUT2D eigenvalue weighted by Gasteiger charge is -2.45. The minimum atomic E-state index is 0.259. The van der Waals surface area contributed by atoms with Crippen LogP contribution in [-0.2, 0) is 11.2 Å². The summed E-state index contributed by atoms with van der Waals surface area (Å²) in [6.45, 7) is 0.940. The smallest absolute Gasteiger partial charge is 0.207 e. The highest BCUT2D eigenvalue weighted by molar-refractivity contribution is 5.88. The molecule has 1 aliphatic heterocycles. The molecular weight excluding hydrogens is 250 g/mol. The molecule has 4 nitrogen and oxygen atoms in total. The number of carbonyl (C=O) groups excluding carboxylic acids is 1. The number of hydrogen-bond donors (Lipinski definition) is 2. The molecule has 20 heavy (non-hydrogen) atoms. The van der Waals surface area contributed by atoms with E-state index in [0.29, 0.717) is 12.0 Å². The topological polar surface area (TPSA) is 48.1 Å². The number of aromatic nitrogens is 1. The Labute approximate surface area is 118 Å². The number of amides is 1. The van der Waals surface area contributed by atoms with Gasteiger partial charge in [-0.2, -0.15) is 0 Å². The van der Waals surface area contributed by atoms with Crippen LogP contribution in [0.3, 0.4) is 0 Å². The molecular formula is C16H19N3O. The number of benzene rings is 1. The Morgan fingerprint density at radius 1 is 1.45 bits per heavy atom. The zero-order valence-electron chi connectivity index (χ0n) is 11.6. The summed E-state index contributed by atoms with van der Waals surface area (Å²) in [5.74, 6) is 0.512. The van der Waals surface area contributed by atoms with Gasteiger partial charge in [0.05, 0.1) is 0 Å². The molecule has 1 fully saturated rings. The van der Waals surface area contributed by atoms with Crippen LogP contribution in [-0.4, -0.2) is 42.0 Å². The molecule has 2 N–H and O–H groups in total. The maximum Gasteiger partial charge on any atom is 0.207 e. The van der Waals surface area contributed by atoms with Crippen molar-refractivity contribution in [1.82, 2.24) is 15.2 Å². The number of likely N-dealkylation sites (N-methyl/N-ethyl adjacent to an activating group) is 1. The summed E-state index contributed by atoms with van der Waals surface area (Å²) in [7, 11) is 2.17. The van der Waals surface area contributed by atoms with Crippen molar-refractivity contribution in [2.45, 2.75) is 30.8 Å². The maximum absolute atomic E-state index is 10.8. The molecule has 1 saturated heterocycles. The fourth-order valence-electron chi connectivity index (χ4n) is 4.16. The van der Waals surface area contributed by atoms with Crippen LogP contribution in [0.1, 0.15) is 23.5 Å². The van der Waals surface area contributed by atoms with Gasteiger partial charge < -0.3 is 15.2 Å². The Balaban J connectivity index is 1.80. The zero-order valence-corrected chi connectivity index (χ0v) is 11.6. The monoisotopic (exact) mass is 269 g/mol. The van der Waals surface area contributed by atoms with E-state index in [4.69, 9.17) is 0 Å². The average Bonchev–Trinajstić information content (AvgIpc) is 2.86. The summed E-state index contributed by atoms with van der Waals surface area (Å²) in [4.78, 5) is 16.6. The highest BCUT2D eigenvalue weighted by Crippen LogP contribution is 2.42. The standard InChI is InChI=1S/C16H19N3O/c1-19-8-11(18-9-20)6-13-12-3-2-4-14-16(12)10(7-17-14)5-15(13)19/h2-4,7,9,11,13,15,17H,5-6,8H2,1H3,(H,18,20)/t11?,13?,15-/m1/s1. The minimum absolute atomic E-state index is 0.259. The van der Waals surface area contributed by atoms with Crippen molar-refractivity contribution in [2.24, 2.45) is 0 Å². The van der Waals surface area contributed by atoms with E-state index in [9.17, 15) is 4.79 Å². The molecule has 2 aliphatic rings. The lowest BCUT2D eigenvalue weighted by Crippen LogP contribution is -2.53. The van der Waals surface area contributed by atoms with E-state index < -0.39 is 0 Å². The Morgan fingerprint density at radius 2 is 2.35 bits per heavy atom. The molecule has 1 aromatic heterocycles. The van der Waals surface area contributed by atoms with Crippen molar-refractivity contribution in [3.05, 3.63) is 35.5 Å². The van der Waals surface area contributed by atoms with E-state index in [0.717, 1.165) is 25.8 Å². The van der Waals surface area contributed by atoms with Crippen molar-refractivity contribution >= 4 is 17.3 Å². The van der Waals surface area contributed by atoms with Crippen molar-refractivity contribution in [3.63, 3.8) is 0 Å². The number of nitrogens with one attached hydrogen (secondary N) is 2. The molecule has 0 radical (unpaired) electrons. The number of aromatic amines is 1. The van der Waals surface area contributed by atoms with Gasteiger partial charge in [-0.05, 0) is 37.1 Å². The minimum Gasteiger partial charge on any atom is -0.361 e. The number of nitrogens with zero attached hydrogens (tertiary/aromatic N) is 1. The zero-order chi connectivity index (χ0) is 13.7. The van der Waals surface area contributed by atoms with Crippen molar-refractivity contribution < 1.29 is 4.79 Å². The maximum atomic E-state index is 10.8. The van der Waals surface area contributed by atoms with Gasteiger partial charge in [0.2, 0.25) is 6.41 Å². The van der Waals surface area contributed by atoms with E-state index in [1.54, 1.807) is 0 Å². The number of hydrogen-bond acceptors (Lipinski definition) is 2. The third kappa shape index (κ3) is 1.61. The van der Waals surface area contributed by atoms with Gasteiger partial charge in [0, 0.05) is 41.6 Å². The molecule has 0 bridgehead atoms. The summed E-state index contributed by atoms with van der Waals surface area (Å²) < 4.78 is 0. The van der Waals surface area contributed by atoms with Crippen LogP contribution < -0.4 is 5.32 Å². The van der Waals surface area contributed by atoms with Crippen LogP contribution in [0.15, 0.2) is 24.4 Å². The molecule has 1 amide bonds. The third-order valence-corrected chi connectivity index (χ3v) is 5.03. The molecule has 0 spiro atoms. The largest absolute Gasteiger partial charge is 0.361 e. The van der Waals surface area contributed by atoms with Gasteiger partial charge >= 0.3 is 0 Å². The van der Waals surface area contributed by atoms with Crippen molar-refractivity contribution in [2.75, 3.05) is 13.6 Å². The molecule has 1 aliphatic carbocycles. The molecule has 0 saturated carbocycles. The van der Waals surface area contributed by atoms with Crippen LogP contribution in [0.5, 0.6) is 0 Å². The van der Waals surface area contributed by atoms with E-state index in [1.165, 1.54) is 22.0 Å². The summed E-state index contributed by atoms with van der Waals surface area (Å²) in [6.07, 6.45) is 5.14. The second-order valence-corrected chi connectivity index (χ2v) is 6.12. The lowest BCUT2D eigenvalue weighted by atomic mass is 9.74. The average molecular weight is 269 g/mol. The first kappa shape index (κ1) is 12.0. The Kier molecular flexibility index (Phi) is 2.60. The van der Waals surface area contributed by atoms with Gasteiger partial charge in [-0.15, -0.1) is 0 Å². The predicted molar refractivity (Wildman–Crippen MR) is 78.8 cm³/mol. The molecule has 4 heteroatoms. The first-order valence-electron chi connectivity index (χ1n) is 7.26. The van der Waals surface area contributed by atoms with Crippen molar-refractivity contribution in [1.29, 1.82) is 0 Å². The summed E-state index contributed by atoms with van der Waals surface area (Å²) in [5, 5.41) is 4.38. The molecule has 2 unspecified atom stereocenters. The molecule has 104 valence electrons. The summed E-state index contributed by atoms with van der Waals surface area (Å²) in [6, 6.07) is 7.35.